The number of aromatic amines is 1. The molecule has 0 spiro atoms. The van der Waals surface area contributed by atoms with Crippen LogP contribution in [0.2, 0.25) is 5.15 Å². The van der Waals surface area contributed by atoms with Crippen molar-refractivity contribution in [2.75, 3.05) is 5.75 Å². The predicted molar refractivity (Wildman–Crippen MR) is 106 cm³/mol. The van der Waals surface area contributed by atoms with Crippen LogP contribution in [0.3, 0.4) is 0 Å². The van der Waals surface area contributed by atoms with Gasteiger partial charge in [-0.2, -0.15) is 0 Å². The van der Waals surface area contributed by atoms with Crippen molar-refractivity contribution < 1.29 is 4.79 Å². The summed E-state index contributed by atoms with van der Waals surface area (Å²) in [7, 11) is 0. The van der Waals surface area contributed by atoms with Gasteiger partial charge in [0.1, 0.15) is 5.03 Å². The maximum Gasteiger partial charge on any atom is 0.175 e. The zero-order valence-electron chi connectivity index (χ0n) is 13.6. The lowest BCUT2D eigenvalue weighted by molar-refractivity contribution is 0.102. The number of H-pyrrole nitrogens is 1. The van der Waals surface area contributed by atoms with Crippen LogP contribution in [0, 0.1) is 0 Å². The van der Waals surface area contributed by atoms with Gasteiger partial charge in [-0.05, 0) is 23.8 Å². The maximum absolute atomic E-state index is 13.0. The molecule has 6 heteroatoms. The minimum absolute atomic E-state index is 0.0445. The van der Waals surface area contributed by atoms with Crippen molar-refractivity contribution in [1.29, 1.82) is 0 Å². The molecule has 0 aliphatic heterocycles. The van der Waals surface area contributed by atoms with Crippen LogP contribution in [0.1, 0.15) is 10.4 Å². The fraction of sp³-hybridized carbons (Fsp3) is 0.0500. The number of ketones is 1. The Morgan fingerprint density at radius 3 is 2.50 bits per heavy atom. The molecule has 0 unspecified atom stereocenters. The van der Waals surface area contributed by atoms with E-state index in [1.165, 1.54) is 11.8 Å². The summed E-state index contributed by atoms with van der Waals surface area (Å²) in [4.78, 5) is 16.4. The van der Waals surface area contributed by atoms with Crippen molar-refractivity contribution in [3.8, 4) is 11.3 Å². The van der Waals surface area contributed by atoms with Crippen molar-refractivity contribution in [2.24, 2.45) is 0 Å². The number of fused-ring (bicyclic) bond motifs is 1. The third-order valence-electron chi connectivity index (χ3n) is 4.01. The molecule has 0 atom stereocenters. The molecule has 0 radical (unpaired) electrons. The molecule has 4 rings (SSSR count). The summed E-state index contributed by atoms with van der Waals surface area (Å²) in [5, 5.41) is 9.74. The fourth-order valence-corrected chi connectivity index (χ4v) is 3.63. The van der Waals surface area contributed by atoms with Gasteiger partial charge in [0.05, 0.1) is 17.0 Å². The Labute approximate surface area is 159 Å². The second-order valence-corrected chi connectivity index (χ2v) is 7.08. The van der Waals surface area contributed by atoms with Crippen LogP contribution >= 0.6 is 23.4 Å². The fourth-order valence-electron chi connectivity index (χ4n) is 2.85. The number of nitrogens with zero attached hydrogens (tertiary/aromatic N) is 2. The van der Waals surface area contributed by atoms with E-state index in [1.807, 2.05) is 54.6 Å². The lowest BCUT2D eigenvalue weighted by Gasteiger charge is -2.05. The van der Waals surface area contributed by atoms with Gasteiger partial charge >= 0.3 is 0 Å². The average Bonchev–Trinajstić information content (AvgIpc) is 3.08. The Bertz CT molecular complexity index is 1060. The molecule has 4 aromatic rings. The number of benzene rings is 2. The lowest BCUT2D eigenvalue weighted by atomic mass is 10.0. The molecule has 0 aliphatic carbocycles. The van der Waals surface area contributed by atoms with E-state index in [0.717, 1.165) is 22.2 Å². The Balaban J connectivity index is 1.70. The molecule has 128 valence electrons. The van der Waals surface area contributed by atoms with E-state index in [2.05, 4.69) is 15.2 Å². The van der Waals surface area contributed by atoms with Crippen LogP contribution in [-0.4, -0.2) is 26.7 Å². The van der Waals surface area contributed by atoms with Crippen molar-refractivity contribution in [1.82, 2.24) is 15.2 Å². The van der Waals surface area contributed by atoms with Gasteiger partial charge in [0.2, 0.25) is 0 Å². The minimum Gasteiger partial charge on any atom is -0.354 e. The highest BCUT2D eigenvalue weighted by molar-refractivity contribution is 7.99. The molecule has 0 fully saturated rings. The number of carbonyl (C=O) groups excluding carboxylic acids is 1. The number of hydrogen-bond acceptors (Lipinski definition) is 4. The monoisotopic (exact) mass is 379 g/mol. The number of para-hydroxylation sites is 1. The third kappa shape index (κ3) is 3.36. The predicted octanol–water partition coefficient (Wildman–Crippen LogP) is 5.25. The number of Topliss-reactive ketones (excluding diaryl/α,β-unsaturated/α-hetero) is 1. The van der Waals surface area contributed by atoms with Gasteiger partial charge < -0.3 is 4.98 Å². The molecular formula is C20H14ClN3OS. The number of nitrogens with one attached hydrogen (secondary N) is 1. The van der Waals surface area contributed by atoms with E-state index < -0.39 is 0 Å². The van der Waals surface area contributed by atoms with Crippen LogP contribution in [-0.2, 0) is 0 Å². The highest BCUT2D eigenvalue weighted by Gasteiger charge is 2.19. The topological polar surface area (TPSA) is 58.6 Å². The molecule has 0 saturated carbocycles. The van der Waals surface area contributed by atoms with Crippen molar-refractivity contribution in [3.63, 3.8) is 0 Å². The maximum atomic E-state index is 13.0. The van der Waals surface area contributed by atoms with Crippen LogP contribution in [0.4, 0.5) is 0 Å². The number of halogens is 1. The first-order chi connectivity index (χ1) is 12.7. The summed E-state index contributed by atoms with van der Waals surface area (Å²) in [6.45, 7) is 0. The Kier molecular flexibility index (Phi) is 4.73. The van der Waals surface area contributed by atoms with Gasteiger partial charge in [0.15, 0.2) is 10.9 Å². The van der Waals surface area contributed by atoms with Gasteiger partial charge in [-0.3, -0.25) is 4.79 Å². The molecule has 26 heavy (non-hydrogen) atoms. The largest absolute Gasteiger partial charge is 0.354 e. The normalized spacial score (nSPS) is 11.0. The summed E-state index contributed by atoms with van der Waals surface area (Å²) in [6.07, 6.45) is 0. The summed E-state index contributed by atoms with van der Waals surface area (Å²) in [5.41, 5.74) is 3.50. The van der Waals surface area contributed by atoms with E-state index in [1.54, 1.807) is 12.1 Å². The summed E-state index contributed by atoms with van der Waals surface area (Å²) < 4.78 is 0. The Morgan fingerprint density at radius 1 is 0.962 bits per heavy atom. The van der Waals surface area contributed by atoms with E-state index in [9.17, 15) is 4.79 Å². The smallest absolute Gasteiger partial charge is 0.175 e. The molecule has 2 aromatic heterocycles. The third-order valence-corrected chi connectivity index (χ3v) is 5.13. The summed E-state index contributed by atoms with van der Waals surface area (Å²) in [5.74, 6) is 0.320. The highest BCUT2D eigenvalue weighted by atomic mass is 35.5. The van der Waals surface area contributed by atoms with E-state index in [-0.39, 0.29) is 11.5 Å². The standard InChI is InChI=1S/C20H14ClN3OS/c21-17-10-11-18(24-23-17)26-12-16(25)19-14-8-4-5-9-15(14)22-20(19)13-6-2-1-3-7-13/h1-11,22H,12H2. The number of aromatic nitrogens is 3. The summed E-state index contributed by atoms with van der Waals surface area (Å²) >= 11 is 7.11. The molecule has 0 saturated heterocycles. The van der Waals surface area contributed by atoms with Crippen LogP contribution < -0.4 is 0 Å². The molecule has 2 aromatic carbocycles. The van der Waals surface area contributed by atoms with Gasteiger partial charge in [-0.1, -0.05) is 71.9 Å². The zero-order valence-corrected chi connectivity index (χ0v) is 15.2. The molecule has 0 bridgehead atoms. The van der Waals surface area contributed by atoms with E-state index in [4.69, 9.17) is 11.6 Å². The summed E-state index contributed by atoms with van der Waals surface area (Å²) in [6, 6.07) is 21.2. The highest BCUT2D eigenvalue weighted by Crippen LogP contribution is 2.31. The second kappa shape index (κ2) is 7.32. The zero-order chi connectivity index (χ0) is 17.9. The quantitative estimate of drug-likeness (QED) is 0.380. The number of rotatable bonds is 5. The van der Waals surface area contributed by atoms with Gasteiger partial charge in [0, 0.05) is 10.9 Å². The Hall–Kier alpha value is -2.63. The first kappa shape index (κ1) is 16.8. The van der Waals surface area contributed by atoms with Gasteiger partial charge in [0.25, 0.3) is 0 Å². The molecule has 1 N–H and O–H groups in total. The average molecular weight is 380 g/mol. The molecule has 0 aliphatic rings. The number of carbonyl (C=O) groups is 1. The molecule has 4 nitrogen and oxygen atoms in total. The second-order valence-electron chi connectivity index (χ2n) is 5.69. The molecular weight excluding hydrogens is 366 g/mol. The van der Waals surface area contributed by atoms with Gasteiger partial charge in [-0.25, -0.2) is 0 Å². The number of hydrogen-bond donors (Lipinski definition) is 1. The first-order valence-electron chi connectivity index (χ1n) is 8.04. The SMILES string of the molecule is O=C(CSc1ccc(Cl)nn1)c1c(-c2ccccc2)[nH]c2ccccc12. The Morgan fingerprint density at radius 2 is 1.73 bits per heavy atom. The van der Waals surface area contributed by atoms with Crippen molar-refractivity contribution in [3.05, 3.63) is 77.4 Å². The molecule has 2 heterocycles. The first-order valence-corrected chi connectivity index (χ1v) is 9.40. The number of thioether (sulfide) groups is 1. The van der Waals surface area contributed by atoms with E-state index in [0.29, 0.717) is 15.7 Å². The van der Waals surface area contributed by atoms with Gasteiger partial charge in [-0.15, -0.1) is 10.2 Å². The van der Waals surface area contributed by atoms with Crippen LogP contribution in [0.15, 0.2) is 71.8 Å². The van der Waals surface area contributed by atoms with Crippen LogP contribution in [0.5, 0.6) is 0 Å². The lowest BCUT2D eigenvalue weighted by Crippen LogP contribution is -2.04. The van der Waals surface area contributed by atoms with Crippen LogP contribution in [0.25, 0.3) is 22.2 Å². The van der Waals surface area contributed by atoms with Crippen molar-refractivity contribution >= 4 is 40.0 Å². The van der Waals surface area contributed by atoms with E-state index >= 15 is 0 Å². The van der Waals surface area contributed by atoms with Crippen molar-refractivity contribution in [2.45, 2.75) is 5.03 Å². The molecule has 0 amide bonds. The minimum atomic E-state index is 0.0445.